The van der Waals surface area contributed by atoms with E-state index in [1.807, 2.05) is 44.2 Å². The van der Waals surface area contributed by atoms with Gasteiger partial charge in [0.15, 0.2) is 0 Å². The summed E-state index contributed by atoms with van der Waals surface area (Å²) in [5, 5.41) is 6.39. The molecule has 0 saturated heterocycles. The number of benzene rings is 1. The molecule has 0 aliphatic rings. The first kappa shape index (κ1) is 25.9. The third-order valence-corrected chi connectivity index (χ3v) is 3.78. The number of carbonyl (C=O) groups is 1. The first-order valence-electron chi connectivity index (χ1n) is 10.1. The number of allylic oxidation sites excluding steroid dienone is 6. The van der Waals surface area contributed by atoms with Crippen molar-refractivity contribution in [3.05, 3.63) is 77.5 Å². The Morgan fingerprint density at radius 1 is 1.19 bits per heavy atom. The van der Waals surface area contributed by atoms with E-state index in [4.69, 9.17) is 4.52 Å². The van der Waals surface area contributed by atoms with Crippen LogP contribution in [-0.2, 0) is 17.8 Å². The molecule has 0 spiro atoms. The van der Waals surface area contributed by atoms with Crippen LogP contribution in [0.4, 0.5) is 13.2 Å². The Bertz CT molecular complexity index is 898. The molecule has 1 heterocycles. The Kier molecular flexibility index (Phi) is 11.0. The SMILES string of the molecule is CC.C\C=C/C(=C\C(=C\CC)C(F)(F)F)c1noc(CNC(=O)Cc2ccccc2)n1. The predicted octanol–water partition coefficient (Wildman–Crippen LogP) is 5.81. The highest BCUT2D eigenvalue weighted by atomic mass is 19.4. The zero-order chi connectivity index (χ0) is 23.3. The highest BCUT2D eigenvalue weighted by Crippen LogP contribution is 2.29. The van der Waals surface area contributed by atoms with Gasteiger partial charge in [0.1, 0.15) is 0 Å². The van der Waals surface area contributed by atoms with Gasteiger partial charge in [0.05, 0.1) is 18.5 Å². The molecule has 0 saturated carbocycles. The molecule has 5 nitrogen and oxygen atoms in total. The fraction of sp³-hybridized carbons (Fsp3) is 0.348. The number of nitrogens with zero attached hydrogens (tertiary/aromatic N) is 2. The molecule has 0 atom stereocenters. The Labute approximate surface area is 180 Å². The van der Waals surface area contributed by atoms with E-state index in [9.17, 15) is 18.0 Å². The van der Waals surface area contributed by atoms with Crippen molar-refractivity contribution >= 4 is 11.5 Å². The molecule has 0 radical (unpaired) electrons. The van der Waals surface area contributed by atoms with Gasteiger partial charge in [-0.15, -0.1) is 0 Å². The summed E-state index contributed by atoms with van der Waals surface area (Å²) in [6.07, 6.45) is 1.07. The molecule has 2 rings (SSSR count). The van der Waals surface area contributed by atoms with E-state index >= 15 is 0 Å². The van der Waals surface area contributed by atoms with E-state index in [1.54, 1.807) is 19.9 Å². The maximum Gasteiger partial charge on any atom is 0.416 e. The molecule has 0 aliphatic carbocycles. The number of hydrogen-bond donors (Lipinski definition) is 1. The fourth-order valence-electron chi connectivity index (χ4n) is 2.47. The summed E-state index contributed by atoms with van der Waals surface area (Å²) >= 11 is 0. The minimum atomic E-state index is -4.49. The summed E-state index contributed by atoms with van der Waals surface area (Å²) in [6.45, 7) is 7.29. The van der Waals surface area contributed by atoms with Crippen LogP contribution in [0.3, 0.4) is 0 Å². The van der Waals surface area contributed by atoms with Gasteiger partial charge in [0.2, 0.25) is 17.6 Å². The van der Waals surface area contributed by atoms with Crippen molar-refractivity contribution in [1.82, 2.24) is 15.5 Å². The average molecular weight is 435 g/mol. The highest BCUT2D eigenvalue weighted by Gasteiger charge is 2.32. The van der Waals surface area contributed by atoms with Gasteiger partial charge in [-0.3, -0.25) is 4.79 Å². The number of halogens is 3. The molecule has 1 amide bonds. The zero-order valence-electron chi connectivity index (χ0n) is 18.2. The lowest BCUT2D eigenvalue weighted by Gasteiger charge is -2.08. The van der Waals surface area contributed by atoms with Crippen molar-refractivity contribution < 1.29 is 22.5 Å². The van der Waals surface area contributed by atoms with Crippen LogP contribution >= 0.6 is 0 Å². The van der Waals surface area contributed by atoms with Crippen LogP contribution in [0.25, 0.3) is 5.57 Å². The normalized spacial score (nSPS) is 12.5. The molecule has 1 N–H and O–H groups in total. The Morgan fingerprint density at radius 2 is 1.87 bits per heavy atom. The number of aromatic nitrogens is 2. The lowest BCUT2D eigenvalue weighted by Crippen LogP contribution is -2.24. The van der Waals surface area contributed by atoms with E-state index in [1.165, 1.54) is 6.08 Å². The van der Waals surface area contributed by atoms with E-state index in [2.05, 4.69) is 15.5 Å². The van der Waals surface area contributed by atoms with Crippen molar-refractivity contribution in [3.8, 4) is 0 Å². The van der Waals surface area contributed by atoms with Gasteiger partial charge in [-0.25, -0.2) is 0 Å². The molecule has 0 unspecified atom stereocenters. The van der Waals surface area contributed by atoms with E-state index < -0.39 is 11.7 Å². The number of alkyl halides is 3. The standard InChI is InChI=1S/C21H22F3N3O2.C2H6/c1-3-8-16(13-17(9-4-2)21(22,23)24)20-26-19(29-27-20)14-25-18(28)12-15-10-6-5-7-11-15;1-2/h3,5-11,13H,4,12,14H2,1-2H3,(H,25,28);1-2H3/b8-3-,16-13+,17-9-;. The van der Waals surface area contributed by atoms with Crippen LogP contribution in [0.1, 0.15) is 51.4 Å². The summed E-state index contributed by atoms with van der Waals surface area (Å²) in [5.74, 6) is -0.114. The molecule has 0 bridgehead atoms. The number of nitrogens with one attached hydrogen (secondary N) is 1. The molecule has 168 valence electrons. The predicted molar refractivity (Wildman–Crippen MR) is 115 cm³/mol. The Balaban J connectivity index is 0.00000233. The zero-order valence-corrected chi connectivity index (χ0v) is 18.2. The summed E-state index contributed by atoms with van der Waals surface area (Å²) < 4.78 is 44.6. The van der Waals surface area contributed by atoms with Gasteiger partial charge in [-0.1, -0.05) is 74.5 Å². The molecule has 1 aromatic heterocycles. The maximum absolute atomic E-state index is 13.2. The second-order valence-corrected chi connectivity index (χ2v) is 6.12. The third kappa shape index (κ3) is 9.02. The van der Waals surface area contributed by atoms with Gasteiger partial charge >= 0.3 is 6.18 Å². The van der Waals surface area contributed by atoms with Crippen LogP contribution in [-0.4, -0.2) is 22.2 Å². The number of hydrogen-bond acceptors (Lipinski definition) is 4. The molecule has 0 fully saturated rings. The molecule has 1 aromatic carbocycles. The van der Waals surface area contributed by atoms with E-state index in [0.29, 0.717) is 0 Å². The Hall–Kier alpha value is -3.16. The maximum atomic E-state index is 13.2. The third-order valence-electron chi connectivity index (χ3n) is 3.78. The second kappa shape index (κ2) is 13.2. The van der Waals surface area contributed by atoms with Crippen molar-refractivity contribution in [1.29, 1.82) is 0 Å². The van der Waals surface area contributed by atoms with Crippen LogP contribution in [0.2, 0.25) is 0 Å². The van der Waals surface area contributed by atoms with Crippen molar-refractivity contribution in [3.63, 3.8) is 0 Å². The summed E-state index contributed by atoms with van der Waals surface area (Å²) in [6, 6.07) is 9.20. The first-order valence-corrected chi connectivity index (χ1v) is 10.1. The van der Waals surface area contributed by atoms with Crippen LogP contribution in [0.5, 0.6) is 0 Å². The van der Waals surface area contributed by atoms with Gasteiger partial charge in [-0.05, 0) is 25.0 Å². The van der Waals surface area contributed by atoms with Gasteiger partial charge in [-0.2, -0.15) is 18.2 Å². The lowest BCUT2D eigenvalue weighted by molar-refractivity contribution is -0.120. The largest absolute Gasteiger partial charge is 0.416 e. The number of carbonyl (C=O) groups excluding carboxylic acids is 1. The lowest BCUT2D eigenvalue weighted by atomic mass is 10.1. The summed E-state index contributed by atoms with van der Waals surface area (Å²) in [7, 11) is 0. The summed E-state index contributed by atoms with van der Waals surface area (Å²) in [4.78, 5) is 16.1. The van der Waals surface area contributed by atoms with Gasteiger partial charge in [0, 0.05) is 5.57 Å². The highest BCUT2D eigenvalue weighted by molar-refractivity contribution is 5.78. The van der Waals surface area contributed by atoms with E-state index in [-0.39, 0.29) is 42.6 Å². The minimum Gasteiger partial charge on any atom is -0.347 e. The van der Waals surface area contributed by atoms with Crippen molar-refractivity contribution in [2.45, 2.75) is 53.3 Å². The fourth-order valence-corrected chi connectivity index (χ4v) is 2.47. The van der Waals surface area contributed by atoms with Gasteiger partial charge in [0.25, 0.3) is 0 Å². The molecule has 0 aliphatic heterocycles. The first-order chi connectivity index (χ1) is 14.8. The number of rotatable bonds is 8. The molecule has 8 heteroatoms. The molecular weight excluding hydrogens is 407 g/mol. The smallest absolute Gasteiger partial charge is 0.347 e. The minimum absolute atomic E-state index is 0.0152. The monoisotopic (exact) mass is 435 g/mol. The van der Waals surface area contributed by atoms with Crippen molar-refractivity contribution in [2.24, 2.45) is 0 Å². The molecule has 2 aromatic rings. The summed E-state index contributed by atoms with van der Waals surface area (Å²) in [5.41, 5.74) is 0.239. The average Bonchev–Trinajstić information content (AvgIpc) is 3.22. The van der Waals surface area contributed by atoms with Crippen LogP contribution < -0.4 is 5.32 Å². The topological polar surface area (TPSA) is 68.0 Å². The number of amides is 1. The quantitative estimate of drug-likeness (QED) is 0.531. The van der Waals surface area contributed by atoms with E-state index in [0.717, 1.165) is 17.7 Å². The Morgan fingerprint density at radius 3 is 2.45 bits per heavy atom. The molecular formula is C23H28F3N3O2. The van der Waals surface area contributed by atoms with Crippen molar-refractivity contribution in [2.75, 3.05) is 0 Å². The van der Waals surface area contributed by atoms with Crippen LogP contribution in [0.15, 0.2) is 64.7 Å². The molecule has 31 heavy (non-hydrogen) atoms. The second-order valence-electron chi connectivity index (χ2n) is 6.12. The van der Waals surface area contributed by atoms with Crippen LogP contribution in [0, 0.1) is 0 Å². The van der Waals surface area contributed by atoms with Gasteiger partial charge < -0.3 is 9.84 Å².